The van der Waals surface area contributed by atoms with Crippen LogP contribution in [0.15, 0.2) is 76.0 Å². The molecule has 1 heterocycles. The molecular weight excluding hydrogens is 442 g/mol. The molecule has 0 aliphatic carbocycles. The summed E-state index contributed by atoms with van der Waals surface area (Å²) in [4.78, 5) is 31.5. The number of carbonyl (C=O) groups is 2. The lowest BCUT2D eigenvalue weighted by atomic mass is 10.1. The Hall–Kier alpha value is -3.95. The van der Waals surface area contributed by atoms with E-state index in [1.54, 1.807) is 18.2 Å². The molecule has 9 heteroatoms. The molecule has 34 heavy (non-hydrogen) atoms. The minimum absolute atomic E-state index is 0.0968. The van der Waals surface area contributed by atoms with Gasteiger partial charge in [-0.2, -0.15) is 0 Å². The molecule has 2 aromatic carbocycles. The zero-order chi connectivity index (χ0) is 24.9. The monoisotopic (exact) mass is 469 g/mol. The third-order valence-corrected chi connectivity index (χ3v) is 4.38. The molecule has 0 saturated heterocycles. The number of hydrogen-bond acceptors (Lipinski definition) is 7. The van der Waals surface area contributed by atoms with E-state index in [2.05, 4.69) is 12.2 Å². The number of carboxylic acid groups (broad SMARTS) is 2. The molecule has 0 saturated carbocycles. The van der Waals surface area contributed by atoms with Gasteiger partial charge in [-0.25, -0.2) is 9.59 Å². The second-order valence-corrected chi connectivity index (χ2v) is 7.18. The molecule has 1 atom stereocenters. The molecular formula is C25H27NO8. The average molecular weight is 469 g/mol. The van der Waals surface area contributed by atoms with Gasteiger partial charge >= 0.3 is 11.9 Å². The van der Waals surface area contributed by atoms with Crippen molar-refractivity contribution in [3.63, 3.8) is 0 Å². The molecule has 180 valence electrons. The van der Waals surface area contributed by atoms with E-state index in [1.165, 1.54) is 6.07 Å². The second-order valence-electron chi connectivity index (χ2n) is 7.18. The molecule has 0 bridgehead atoms. The highest BCUT2D eigenvalue weighted by atomic mass is 16.5. The van der Waals surface area contributed by atoms with Gasteiger partial charge in [0.05, 0.1) is 5.39 Å². The van der Waals surface area contributed by atoms with E-state index in [1.807, 2.05) is 30.3 Å². The first kappa shape index (κ1) is 26.3. The van der Waals surface area contributed by atoms with Crippen LogP contribution in [0.3, 0.4) is 0 Å². The normalized spacial score (nSPS) is 11.6. The molecule has 0 fully saturated rings. The van der Waals surface area contributed by atoms with Crippen molar-refractivity contribution in [2.45, 2.75) is 19.4 Å². The maximum atomic E-state index is 12.3. The van der Waals surface area contributed by atoms with E-state index in [-0.39, 0.29) is 12.0 Å². The summed E-state index contributed by atoms with van der Waals surface area (Å²) in [5.41, 5.74) is 1.21. The molecule has 1 aromatic heterocycles. The Balaban J connectivity index is 0.000000440. The van der Waals surface area contributed by atoms with Gasteiger partial charge in [0.25, 0.3) is 0 Å². The highest BCUT2D eigenvalue weighted by Crippen LogP contribution is 2.24. The molecule has 9 nitrogen and oxygen atoms in total. The van der Waals surface area contributed by atoms with Crippen LogP contribution in [0, 0.1) is 0 Å². The largest absolute Gasteiger partial charge is 0.491 e. The number of benzene rings is 2. The first-order valence-electron chi connectivity index (χ1n) is 10.6. The van der Waals surface area contributed by atoms with Gasteiger partial charge in [0.2, 0.25) is 0 Å². The number of carboxylic acids is 2. The number of nitrogens with one attached hydrogen (secondary N) is 1. The summed E-state index contributed by atoms with van der Waals surface area (Å²) >= 11 is 0. The number of aliphatic hydroxyl groups is 1. The third-order valence-electron chi connectivity index (χ3n) is 4.38. The van der Waals surface area contributed by atoms with E-state index in [0.717, 1.165) is 18.5 Å². The van der Waals surface area contributed by atoms with Gasteiger partial charge in [0, 0.05) is 36.4 Å². The number of aliphatic carboxylic acids is 2. The van der Waals surface area contributed by atoms with E-state index in [9.17, 15) is 19.5 Å². The van der Waals surface area contributed by atoms with Crippen LogP contribution in [-0.2, 0) is 9.59 Å². The minimum Gasteiger partial charge on any atom is -0.491 e. The molecule has 0 amide bonds. The smallest absolute Gasteiger partial charge is 0.328 e. The number of aliphatic hydroxyl groups excluding tert-OH is 1. The van der Waals surface area contributed by atoms with Crippen LogP contribution < -0.4 is 15.5 Å². The van der Waals surface area contributed by atoms with Crippen LogP contribution >= 0.6 is 0 Å². The van der Waals surface area contributed by atoms with Gasteiger partial charge < -0.3 is 29.8 Å². The summed E-state index contributed by atoms with van der Waals surface area (Å²) in [7, 11) is 0. The van der Waals surface area contributed by atoms with Crippen LogP contribution in [0.5, 0.6) is 5.75 Å². The molecule has 0 spiro atoms. The van der Waals surface area contributed by atoms with E-state index in [0.29, 0.717) is 41.2 Å². The van der Waals surface area contributed by atoms with E-state index < -0.39 is 18.0 Å². The summed E-state index contributed by atoms with van der Waals surface area (Å²) < 4.78 is 11.5. The van der Waals surface area contributed by atoms with Crippen LogP contribution in [0.25, 0.3) is 22.3 Å². The van der Waals surface area contributed by atoms with Crippen LogP contribution in [0.1, 0.15) is 13.3 Å². The fourth-order valence-corrected chi connectivity index (χ4v) is 2.81. The average Bonchev–Trinajstić information content (AvgIpc) is 2.82. The number of fused-ring (bicyclic) bond motifs is 1. The molecule has 0 unspecified atom stereocenters. The summed E-state index contributed by atoms with van der Waals surface area (Å²) in [5.74, 6) is -1.44. The first-order valence-corrected chi connectivity index (χ1v) is 10.6. The number of hydrogen-bond donors (Lipinski definition) is 4. The van der Waals surface area contributed by atoms with Crippen molar-refractivity contribution >= 4 is 22.9 Å². The Kier molecular flexibility index (Phi) is 10.5. The fraction of sp³-hybridized carbons (Fsp3) is 0.240. The lowest BCUT2D eigenvalue weighted by Gasteiger charge is -2.13. The Labute approximate surface area is 195 Å². The Morgan fingerprint density at radius 2 is 1.74 bits per heavy atom. The van der Waals surface area contributed by atoms with Gasteiger partial charge in [-0.3, -0.25) is 4.79 Å². The van der Waals surface area contributed by atoms with Gasteiger partial charge in [-0.05, 0) is 25.1 Å². The zero-order valence-electron chi connectivity index (χ0n) is 18.6. The highest BCUT2D eigenvalue weighted by Gasteiger charge is 2.09. The quantitative estimate of drug-likeness (QED) is 0.260. The lowest BCUT2D eigenvalue weighted by molar-refractivity contribution is -0.134. The first-order chi connectivity index (χ1) is 16.3. The lowest BCUT2D eigenvalue weighted by Crippen LogP contribution is -2.31. The number of ether oxygens (including phenoxy) is 1. The van der Waals surface area contributed by atoms with Crippen LogP contribution in [0.4, 0.5) is 0 Å². The van der Waals surface area contributed by atoms with E-state index >= 15 is 0 Å². The standard InChI is InChI=1S/C21H23NO4.C4H4O4/c1-2-10-22-13-16(23)14-25-17-8-9-18-19(24)12-20(26-21(18)11-17)15-6-4-3-5-7-15;5-3(6)1-2-4(7)8/h3-9,11-12,16,22-23H,2,10,13-14H2,1H3;1-2H,(H,5,6)(H,7,8)/b;2-1-/t16-;/m0./s1. The fourth-order valence-electron chi connectivity index (χ4n) is 2.81. The Bertz CT molecular complexity index is 1150. The molecule has 3 aromatic rings. The molecule has 0 radical (unpaired) electrons. The maximum Gasteiger partial charge on any atom is 0.328 e. The van der Waals surface area contributed by atoms with Gasteiger partial charge in [0.15, 0.2) is 5.43 Å². The molecule has 4 N–H and O–H groups in total. The highest BCUT2D eigenvalue weighted by molar-refractivity contribution is 5.89. The summed E-state index contributed by atoms with van der Waals surface area (Å²) in [6.45, 7) is 3.59. The van der Waals surface area contributed by atoms with Crippen LogP contribution in [-0.4, -0.2) is 53.1 Å². The van der Waals surface area contributed by atoms with Gasteiger partial charge in [-0.15, -0.1) is 0 Å². The summed E-state index contributed by atoms with van der Waals surface area (Å²) in [6, 6.07) is 16.1. The minimum atomic E-state index is -1.26. The van der Waals surface area contributed by atoms with Gasteiger partial charge in [0.1, 0.15) is 29.8 Å². The maximum absolute atomic E-state index is 12.3. The van der Waals surface area contributed by atoms with Crippen molar-refractivity contribution in [3.8, 4) is 17.1 Å². The molecule has 0 aliphatic heterocycles. The summed E-state index contributed by atoms with van der Waals surface area (Å²) in [6.07, 6.45) is 1.53. The van der Waals surface area contributed by atoms with Crippen molar-refractivity contribution in [1.82, 2.24) is 5.32 Å². The predicted molar refractivity (Wildman–Crippen MR) is 127 cm³/mol. The second kappa shape index (κ2) is 13.6. The third kappa shape index (κ3) is 8.89. The molecule has 0 aliphatic rings. The summed E-state index contributed by atoms with van der Waals surface area (Å²) in [5, 5.41) is 29.2. The van der Waals surface area contributed by atoms with Crippen molar-refractivity contribution in [1.29, 1.82) is 0 Å². The van der Waals surface area contributed by atoms with Crippen molar-refractivity contribution < 1.29 is 34.1 Å². The molecule has 3 rings (SSSR count). The van der Waals surface area contributed by atoms with E-state index in [4.69, 9.17) is 19.4 Å². The Morgan fingerprint density at radius 3 is 2.35 bits per heavy atom. The van der Waals surface area contributed by atoms with Crippen molar-refractivity contribution in [2.75, 3.05) is 19.7 Å². The SMILES string of the molecule is CCCNC[C@H](O)COc1ccc2c(=O)cc(-c3ccccc3)oc2c1.O=C(O)/C=C\C(=O)O. The van der Waals surface area contributed by atoms with Gasteiger partial charge in [-0.1, -0.05) is 37.3 Å². The van der Waals surface area contributed by atoms with Crippen molar-refractivity contribution in [2.24, 2.45) is 0 Å². The topological polar surface area (TPSA) is 146 Å². The zero-order valence-corrected chi connectivity index (χ0v) is 18.6. The Morgan fingerprint density at radius 1 is 1.06 bits per heavy atom. The number of rotatable bonds is 10. The van der Waals surface area contributed by atoms with Crippen molar-refractivity contribution in [3.05, 3.63) is 77.0 Å². The van der Waals surface area contributed by atoms with Crippen LogP contribution in [0.2, 0.25) is 0 Å². The predicted octanol–water partition coefficient (Wildman–Crippen LogP) is 2.91.